The summed E-state index contributed by atoms with van der Waals surface area (Å²) in [6.45, 7) is 4.28. The highest BCUT2D eigenvalue weighted by Gasteiger charge is 2.19. The first-order chi connectivity index (χ1) is 7.22. The first kappa shape index (κ1) is 12.5. The molecule has 0 radical (unpaired) electrons. The van der Waals surface area contributed by atoms with E-state index < -0.39 is 0 Å². The number of hydrogen-bond acceptors (Lipinski definition) is 3. The van der Waals surface area contributed by atoms with Crippen LogP contribution in [0.4, 0.5) is 0 Å². The maximum Gasteiger partial charge on any atom is 0.220 e. The van der Waals surface area contributed by atoms with Gasteiger partial charge in [-0.05, 0) is 18.8 Å². The number of amides is 1. The molecule has 15 heavy (non-hydrogen) atoms. The van der Waals surface area contributed by atoms with Crippen molar-refractivity contribution in [3.63, 3.8) is 0 Å². The highest BCUT2D eigenvalue weighted by Crippen LogP contribution is 2.17. The largest absolute Gasteiger partial charge is 0.384 e. The molecule has 0 aromatic heterocycles. The molecular weight excluding hydrogens is 192 g/mol. The van der Waals surface area contributed by atoms with Crippen molar-refractivity contribution < 1.29 is 9.53 Å². The molecule has 0 bridgehead atoms. The van der Waals surface area contributed by atoms with Gasteiger partial charge in [0.15, 0.2) is 0 Å². The fourth-order valence-electron chi connectivity index (χ4n) is 1.50. The fourth-order valence-corrected chi connectivity index (χ4v) is 1.50. The Morgan fingerprint density at radius 3 is 2.80 bits per heavy atom. The van der Waals surface area contributed by atoms with Gasteiger partial charge in [0.2, 0.25) is 5.91 Å². The van der Waals surface area contributed by atoms with Crippen LogP contribution in [0.15, 0.2) is 0 Å². The lowest BCUT2D eigenvalue weighted by atomic mass is 10.1. The summed E-state index contributed by atoms with van der Waals surface area (Å²) in [5.74, 6) is 0.420. The molecule has 1 fully saturated rings. The molecule has 2 N–H and O–H groups in total. The topological polar surface area (TPSA) is 50.4 Å². The molecule has 1 amide bonds. The van der Waals surface area contributed by atoms with E-state index in [9.17, 15) is 4.79 Å². The third-order valence-corrected chi connectivity index (χ3v) is 2.44. The van der Waals surface area contributed by atoms with Crippen LogP contribution in [0.3, 0.4) is 0 Å². The van der Waals surface area contributed by atoms with E-state index in [4.69, 9.17) is 4.74 Å². The van der Waals surface area contributed by atoms with Gasteiger partial charge < -0.3 is 15.4 Å². The molecule has 0 heterocycles. The lowest BCUT2D eigenvalue weighted by Gasteiger charge is -2.10. The highest BCUT2D eigenvalue weighted by atomic mass is 16.5. The molecule has 1 aliphatic carbocycles. The Morgan fingerprint density at radius 2 is 2.20 bits per heavy atom. The second-order valence-electron chi connectivity index (χ2n) is 4.34. The van der Waals surface area contributed by atoms with E-state index >= 15 is 0 Å². The minimum absolute atomic E-state index is 0.122. The predicted molar refractivity (Wildman–Crippen MR) is 59.7 cm³/mol. The molecule has 0 saturated heterocycles. The zero-order valence-corrected chi connectivity index (χ0v) is 9.71. The Morgan fingerprint density at radius 1 is 1.47 bits per heavy atom. The SMILES string of the molecule is COCC(C)CC(=O)NCCNC1CC1. The van der Waals surface area contributed by atoms with Crippen LogP contribution in [0.25, 0.3) is 0 Å². The van der Waals surface area contributed by atoms with Crippen molar-refractivity contribution in [2.24, 2.45) is 5.92 Å². The second kappa shape index (κ2) is 6.80. The van der Waals surface area contributed by atoms with E-state index in [1.165, 1.54) is 12.8 Å². The summed E-state index contributed by atoms with van der Waals surface area (Å²) in [7, 11) is 1.66. The quantitative estimate of drug-likeness (QED) is 0.579. The number of nitrogens with one attached hydrogen (secondary N) is 2. The average Bonchev–Trinajstić information content (AvgIpc) is 2.96. The summed E-state index contributed by atoms with van der Waals surface area (Å²) < 4.78 is 4.98. The van der Waals surface area contributed by atoms with Gasteiger partial charge in [0, 0.05) is 39.3 Å². The number of methoxy groups -OCH3 is 1. The van der Waals surface area contributed by atoms with Crippen LogP contribution in [0.1, 0.15) is 26.2 Å². The molecule has 88 valence electrons. The van der Waals surface area contributed by atoms with Gasteiger partial charge in [-0.15, -0.1) is 0 Å². The number of hydrogen-bond donors (Lipinski definition) is 2. The molecule has 1 unspecified atom stereocenters. The summed E-state index contributed by atoms with van der Waals surface area (Å²) in [6, 6.07) is 0.717. The average molecular weight is 214 g/mol. The maximum atomic E-state index is 11.4. The van der Waals surface area contributed by atoms with E-state index in [0.29, 0.717) is 25.0 Å². The summed E-state index contributed by atoms with van der Waals surface area (Å²) in [4.78, 5) is 11.4. The van der Waals surface area contributed by atoms with Gasteiger partial charge in [-0.2, -0.15) is 0 Å². The van der Waals surface area contributed by atoms with E-state index in [1.807, 2.05) is 6.92 Å². The lowest BCUT2D eigenvalue weighted by molar-refractivity contribution is -0.122. The Kier molecular flexibility index (Phi) is 5.65. The molecule has 1 atom stereocenters. The van der Waals surface area contributed by atoms with Crippen LogP contribution in [0, 0.1) is 5.92 Å². The smallest absolute Gasteiger partial charge is 0.220 e. The van der Waals surface area contributed by atoms with Crippen LogP contribution in [-0.2, 0) is 9.53 Å². The zero-order chi connectivity index (χ0) is 11.1. The van der Waals surface area contributed by atoms with Crippen molar-refractivity contribution >= 4 is 5.91 Å². The van der Waals surface area contributed by atoms with Crippen LogP contribution in [-0.4, -0.2) is 38.8 Å². The Hall–Kier alpha value is -0.610. The van der Waals surface area contributed by atoms with Gasteiger partial charge >= 0.3 is 0 Å². The summed E-state index contributed by atoms with van der Waals surface area (Å²) in [5.41, 5.74) is 0. The molecule has 1 rings (SSSR count). The van der Waals surface area contributed by atoms with Crippen LogP contribution < -0.4 is 10.6 Å². The Bertz CT molecular complexity index is 193. The van der Waals surface area contributed by atoms with Gasteiger partial charge in [0.1, 0.15) is 0 Å². The first-order valence-electron chi connectivity index (χ1n) is 5.71. The number of ether oxygens (including phenoxy) is 1. The predicted octanol–water partition coefficient (Wildman–Crippen LogP) is 0.527. The highest BCUT2D eigenvalue weighted by molar-refractivity contribution is 5.76. The molecular formula is C11H22N2O2. The summed E-state index contributed by atoms with van der Waals surface area (Å²) >= 11 is 0. The molecule has 4 nitrogen and oxygen atoms in total. The first-order valence-corrected chi connectivity index (χ1v) is 5.71. The van der Waals surface area contributed by atoms with Gasteiger partial charge in [-0.25, -0.2) is 0 Å². The monoisotopic (exact) mass is 214 g/mol. The minimum atomic E-state index is 0.122. The number of carbonyl (C=O) groups is 1. The van der Waals surface area contributed by atoms with Crippen molar-refractivity contribution in [3.05, 3.63) is 0 Å². The van der Waals surface area contributed by atoms with Crippen LogP contribution >= 0.6 is 0 Å². The normalized spacial score (nSPS) is 17.5. The number of rotatable bonds is 8. The molecule has 0 aromatic rings. The molecule has 0 spiro atoms. The van der Waals surface area contributed by atoms with Crippen molar-refractivity contribution in [2.45, 2.75) is 32.2 Å². The zero-order valence-electron chi connectivity index (χ0n) is 9.71. The van der Waals surface area contributed by atoms with Crippen molar-refractivity contribution in [1.82, 2.24) is 10.6 Å². The van der Waals surface area contributed by atoms with E-state index in [-0.39, 0.29) is 5.91 Å². The summed E-state index contributed by atoms with van der Waals surface area (Å²) in [6.07, 6.45) is 3.13. The third-order valence-electron chi connectivity index (χ3n) is 2.44. The lowest BCUT2D eigenvalue weighted by Crippen LogP contribution is -2.33. The Balaban J connectivity index is 1.92. The standard InChI is InChI=1S/C11H22N2O2/c1-9(8-15-2)7-11(14)13-6-5-12-10-3-4-10/h9-10,12H,3-8H2,1-2H3,(H,13,14). The van der Waals surface area contributed by atoms with E-state index in [0.717, 1.165) is 13.1 Å². The fraction of sp³-hybridized carbons (Fsp3) is 0.909. The third kappa shape index (κ3) is 6.47. The van der Waals surface area contributed by atoms with Crippen LogP contribution in [0.5, 0.6) is 0 Å². The van der Waals surface area contributed by atoms with E-state index in [2.05, 4.69) is 10.6 Å². The molecule has 1 saturated carbocycles. The van der Waals surface area contributed by atoms with Gasteiger partial charge in [-0.3, -0.25) is 4.79 Å². The van der Waals surface area contributed by atoms with Gasteiger partial charge in [0.25, 0.3) is 0 Å². The van der Waals surface area contributed by atoms with Gasteiger partial charge in [-0.1, -0.05) is 6.92 Å². The molecule has 0 aliphatic heterocycles. The van der Waals surface area contributed by atoms with Crippen molar-refractivity contribution in [3.8, 4) is 0 Å². The second-order valence-corrected chi connectivity index (χ2v) is 4.34. The number of carbonyl (C=O) groups excluding carboxylic acids is 1. The van der Waals surface area contributed by atoms with Crippen molar-refractivity contribution in [1.29, 1.82) is 0 Å². The minimum Gasteiger partial charge on any atom is -0.384 e. The molecule has 1 aliphatic rings. The van der Waals surface area contributed by atoms with Gasteiger partial charge in [0.05, 0.1) is 0 Å². The molecule has 0 aromatic carbocycles. The van der Waals surface area contributed by atoms with Crippen molar-refractivity contribution in [2.75, 3.05) is 26.8 Å². The Labute approximate surface area is 91.8 Å². The van der Waals surface area contributed by atoms with E-state index in [1.54, 1.807) is 7.11 Å². The summed E-state index contributed by atoms with van der Waals surface area (Å²) in [5, 5.41) is 6.25. The maximum absolute atomic E-state index is 11.4. The molecule has 4 heteroatoms. The van der Waals surface area contributed by atoms with Crippen LogP contribution in [0.2, 0.25) is 0 Å².